The van der Waals surface area contributed by atoms with E-state index in [1.165, 1.54) is 5.56 Å². The molecular weight excluding hydrogens is 344 g/mol. The lowest BCUT2D eigenvalue weighted by Crippen LogP contribution is -2.41. The number of carbonyl (C=O) groups is 1. The molecule has 8 nitrogen and oxygen atoms in total. The van der Waals surface area contributed by atoms with Crippen LogP contribution in [-0.2, 0) is 35.6 Å². The minimum absolute atomic E-state index is 0.144. The van der Waals surface area contributed by atoms with Crippen LogP contribution in [0.3, 0.4) is 0 Å². The van der Waals surface area contributed by atoms with E-state index in [1.807, 2.05) is 15.8 Å². The molecule has 8 heteroatoms. The fourth-order valence-corrected chi connectivity index (χ4v) is 3.87. The Kier molecular flexibility index (Phi) is 5.27. The molecule has 0 spiro atoms. The number of carbonyl (C=O) groups excluding carboxylic acids is 1. The van der Waals surface area contributed by atoms with Crippen molar-refractivity contribution in [2.45, 2.75) is 45.9 Å². The molecule has 1 amide bonds. The van der Waals surface area contributed by atoms with E-state index in [-0.39, 0.29) is 11.9 Å². The van der Waals surface area contributed by atoms with Crippen molar-refractivity contribution in [1.82, 2.24) is 29.1 Å². The number of ether oxygens (including phenoxy) is 1. The van der Waals surface area contributed by atoms with Gasteiger partial charge in [-0.15, -0.1) is 0 Å². The highest BCUT2D eigenvalue weighted by Gasteiger charge is 2.27. The van der Waals surface area contributed by atoms with Crippen molar-refractivity contribution in [3.05, 3.63) is 35.7 Å². The first-order valence-corrected chi connectivity index (χ1v) is 9.81. The van der Waals surface area contributed by atoms with E-state index >= 15 is 0 Å². The van der Waals surface area contributed by atoms with Crippen LogP contribution in [0, 0.1) is 0 Å². The fraction of sp³-hybridized carbons (Fsp3) is 0.632. The quantitative estimate of drug-likeness (QED) is 0.786. The van der Waals surface area contributed by atoms with Gasteiger partial charge in [-0.3, -0.25) is 14.4 Å². The normalized spacial score (nSPS) is 20.7. The Bertz CT molecular complexity index is 792. The van der Waals surface area contributed by atoms with Crippen LogP contribution in [0.25, 0.3) is 0 Å². The van der Waals surface area contributed by atoms with Crippen molar-refractivity contribution >= 4 is 5.91 Å². The molecule has 0 saturated carbocycles. The lowest BCUT2D eigenvalue weighted by Gasteiger charge is -2.33. The van der Waals surface area contributed by atoms with Crippen molar-refractivity contribution in [3.8, 4) is 0 Å². The average Bonchev–Trinajstić information content (AvgIpc) is 3.31. The van der Waals surface area contributed by atoms with Gasteiger partial charge in [0.15, 0.2) is 0 Å². The first-order valence-electron chi connectivity index (χ1n) is 9.81. The van der Waals surface area contributed by atoms with E-state index in [4.69, 9.17) is 9.72 Å². The molecule has 2 aliphatic heterocycles. The molecule has 4 heterocycles. The van der Waals surface area contributed by atoms with Crippen LogP contribution in [0.4, 0.5) is 0 Å². The Hall–Kier alpha value is -2.19. The summed E-state index contributed by atoms with van der Waals surface area (Å²) < 4.78 is 9.49. The molecule has 0 aliphatic carbocycles. The highest BCUT2D eigenvalue weighted by atomic mass is 16.5. The van der Waals surface area contributed by atoms with E-state index in [2.05, 4.69) is 40.8 Å². The van der Waals surface area contributed by atoms with Gasteiger partial charge in [0.1, 0.15) is 5.82 Å². The molecule has 0 aromatic carbocycles. The Morgan fingerprint density at radius 2 is 2.04 bits per heavy atom. The predicted molar refractivity (Wildman–Crippen MR) is 100 cm³/mol. The molecule has 2 aromatic heterocycles. The summed E-state index contributed by atoms with van der Waals surface area (Å²) in [5.74, 6) is 1.19. The molecule has 1 atom stereocenters. The summed E-state index contributed by atoms with van der Waals surface area (Å²) in [4.78, 5) is 21.6. The third-order valence-corrected chi connectivity index (χ3v) is 5.50. The average molecular weight is 372 g/mol. The number of hydrogen-bond donors (Lipinski definition) is 0. The number of hydrogen-bond acceptors (Lipinski definition) is 5. The van der Waals surface area contributed by atoms with Gasteiger partial charge in [-0.2, -0.15) is 5.10 Å². The summed E-state index contributed by atoms with van der Waals surface area (Å²) in [5, 5.41) is 4.37. The van der Waals surface area contributed by atoms with Crippen LogP contribution in [0.15, 0.2) is 18.6 Å². The van der Waals surface area contributed by atoms with Crippen LogP contribution in [0.1, 0.15) is 37.0 Å². The largest absolute Gasteiger partial charge is 0.378 e. The zero-order chi connectivity index (χ0) is 18.8. The lowest BCUT2D eigenvalue weighted by atomic mass is 10.2. The highest BCUT2D eigenvalue weighted by Crippen LogP contribution is 2.26. The predicted octanol–water partition coefficient (Wildman–Crippen LogP) is 1.08. The third-order valence-electron chi connectivity index (χ3n) is 5.50. The molecule has 4 rings (SSSR count). The van der Waals surface area contributed by atoms with E-state index in [0.717, 1.165) is 37.7 Å². The highest BCUT2D eigenvalue weighted by molar-refractivity contribution is 5.78. The van der Waals surface area contributed by atoms with Crippen LogP contribution in [-0.4, -0.2) is 67.9 Å². The summed E-state index contributed by atoms with van der Waals surface area (Å²) in [7, 11) is 0. The Labute approximate surface area is 159 Å². The summed E-state index contributed by atoms with van der Waals surface area (Å²) in [5.41, 5.74) is 2.10. The van der Waals surface area contributed by atoms with Crippen molar-refractivity contribution < 1.29 is 9.53 Å². The molecule has 0 unspecified atom stereocenters. The van der Waals surface area contributed by atoms with E-state index in [1.54, 1.807) is 0 Å². The van der Waals surface area contributed by atoms with Crippen molar-refractivity contribution in [2.24, 2.45) is 0 Å². The maximum atomic E-state index is 12.5. The summed E-state index contributed by atoms with van der Waals surface area (Å²) >= 11 is 0. The lowest BCUT2D eigenvalue weighted by molar-refractivity contribution is -0.134. The van der Waals surface area contributed by atoms with Gasteiger partial charge in [-0.25, -0.2) is 4.98 Å². The second kappa shape index (κ2) is 7.82. The zero-order valence-electron chi connectivity index (χ0n) is 16.2. The van der Waals surface area contributed by atoms with Gasteiger partial charge in [0.2, 0.25) is 5.91 Å². The van der Waals surface area contributed by atoms with Crippen molar-refractivity contribution in [2.75, 3.05) is 32.8 Å². The van der Waals surface area contributed by atoms with Gasteiger partial charge < -0.3 is 14.2 Å². The number of morpholine rings is 1. The number of amides is 1. The minimum atomic E-state index is 0.144. The number of aromatic nitrogens is 4. The molecule has 27 heavy (non-hydrogen) atoms. The van der Waals surface area contributed by atoms with E-state index < -0.39 is 0 Å². The maximum Gasteiger partial charge on any atom is 0.228 e. The standard InChI is InChI=1S/C19H28N6O2/c1-3-25-13-16(11-20-25)12-23-4-5-24-14-17(21-19(24)15(23)2)10-18(26)22-6-8-27-9-7-22/h11,13-15H,3-10,12H2,1-2H3/t15-/m0/s1. The van der Waals surface area contributed by atoms with Gasteiger partial charge in [0, 0.05) is 57.2 Å². The van der Waals surface area contributed by atoms with Gasteiger partial charge in [-0.05, 0) is 13.8 Å². The zero-order valence-corrected chi connectivity index (χ0v) is 16.2. The van der Waals surface area contributed by atoms with Gasteiger partial charge in [-0.1, -0.05) is 0 Å². The number of rotatable bonds is 5. The summed E-state index contributed by atoms with van der Waals surface area (Å²) in [6.07, 6.45) is 6.48. The fourth-order valence-electron chi connectivity index (χ4n) is 3.87. The molecule has 2 aromatic rings. The molecule has 146 valence electrons. The molecule has 1 fully saturated rings. The number of nitrogens with zero attached hydrogens (tertiary/aromatic N) is 6. The van der Waals surface area contributed by atoms with Gasteiger partial charge >= 0.3 is 0 Å². The molecule has 0 radical (unpaired) electrons. The SMILES string of the molecule is CCn1cc(CN2CCn3cc(CC(=O)N4CCOCC4)nc3[C@@H]2C)cn1. The molecular formula is C19H28N6O2. The topological polar surface area (TPSA) is 68.4 Å². The molecule has 2 aliphatic rings. The Balaban J connectivity index is 1.42. The summed E-state index contributed by atoms with van der Waals surface area (Å²) in [6, 6.07) is 0.218. The summed E-state index contributed by atoms with van der Waals surface area (Å²) in [6.45, 7) is 10.5. The van der Waals surface area contributed by atoms with Gasteiger partial charge in [0.25, 0.3) is 0 Å². The van der Waals surface area contributed by atoms with Crippen molar-refractivity contribution in [3.63, 3.8) is 0 Å². The molecule has 1 saturated heterocycles. The Morgan fingerprint density at radius 1 is 1.22 bits per heavy atom. The number of aryl methyl sites for hydroxylation is 1. The molecule has 0 bridgehead atoms. The van der Waals surface area contributed by atoms with Crippen LogP contribution >= 0.6 is 0 Å². The number of fused-ring (bicyclic) bond motifs is 1. The Morgan fingerprint density at radius 3 is 2.78 bits per heavy atom. The first kappa shape index (κ1) is 18.2. The maximum absolute atomic E-state index is 12.5. The van der Waals surface area contributed by atoms with Gasteiger partial charge in [0.05, 0.1) is 37.6 Å². The van der Waals surface area contributed by atoms with E-state index in [9.17, 15) is 4.79 Å². The first-order chi connectivity index (χ1) is 13.1. The second-order valence-corrected chi connectivity index (χ2v) is 7.30. The second-order valence-electron chi connectivity index (χ2n) is 7.30. The molecule has 0 N–H and O–H groups in total. The van der Waals surface area contributed by atoms with Crippen LogP contribution in [0.5, 0.6) is 0 Å². The smallest absolute Gasteiger partial charge is 0.228 e. The van der Waals surface area contributed by atoms with Crippen LogP contribution < -0.4 is 0 Å². The monoisotopic (exact) mass is 372 g/mol. The van der Waals surface area contributed by atoms with Crippen LogP contribution in [0.2, 0.25) is 0 Å². The number of imidazole rings is 1. The third kappa shape index (κ3) is 3.91. The minimum Gasteiger partial charge on any atom is -0.378 e. The van der Waals surface area contributed by atoms with E-state index in [0.29, 0.717) is 32.7 Å². The van der Waals surface area contributed by atoms with Crippen molar-refractivity contribution in [1.29, 1.82) is 0 Å².